The summed E-state index contributed by atoms with van der Waals surface area (Å²) in [7, 11) is 0. The van der Waals surface area contributed by atoms with Gasteiger partial charge in [0.05, 0.1) is 16.6 Å². The monoisotopic (exact) mass is 428 g/mol. The molecule has 2 fully saturated rings. The van der Waals surface area contributed by atoms with Gasteiger partial charge in [0.1, 0.15) is 12.4 Å². The van der Waals surface area contributed by atoms with Crippen molar-refractivity contribution >= 4 is 35.1 Å². The van der Waals surface area contributed by atoms with Gasteiger partial charge < -0.3 is 14.5 Å². The van der Waals surface area contributed by atoms with Gasteiger partial charge in [-0.25, -0.2) is 9.78 Å². The Hall–Kier alpha value is -2.80. The Morgan fingerprint density at radius 3 is 2.50 bits per heavy atom. The van der Waals surface area contributed by atoms with Crippen LogP contribution in [0.1, 0.15) is 28.4 Å². The number of cyclic esters (lactones) is 1. The molecule has 0 bridgehead atoms. The Labute approximate surface area is 181 Å². The van der Waals surface area contributed by atoms with Crippen molar-refractivity contribution in [1.29, 1.82) is 0 Å². The number of anilines is 2. The van der Waals surface area contributed by atoms with Gasteiger partial charge in [0.2, 0.25) is 0 Å². The van der Waals surface area contributed by atoms with Crippen LogP contribution in [0.15, 0.2) is 30.5 Å². The van der Waals surface area contributed by atoms with E-state index in [-0.39, 0.29) is 11.9 Å². The smallest absolute Gasteiger partial charge is 0.414 e. The maximum absolute atomic E-state index is 13.0. The van der Waals surface area contributed by atoms with Crippen LogP contribution >= 0.6 is 11.6 Å². The molecule has 2 aromatic rings. The topological polar surface area (TPSA) is 66.0 Å². The van der Waals surface area contributed by atoms with E-state index in [0.29, 0.717) is 36.0 Å². The second-order valence-electron chi connectivity index (χ2n) is 7.89. The Morgan fingerprint density at radius 1 is 1.17 bits per heavy atom. The van der Waals surface area contributed by atoms with Crippen LogP contribution < -0.4 is 9.80 Å². The van der Waals surface area contributed by atoms with Crippen LogP contribution in [0.4, 0.5) is 16.3 Å². The van der Waals surface area contributed by atoms with E-state index in [4.69, 9.17) is 16.3 Å². The molecule has 0 N–H and O–H groups in total. The van der Waals surface area contributed by atoms with E-state index in [9.17, 15) is 9.59 Å². The van der Waals surface area contributed by atoms with E-state index in [2.05, 4.69) is 22.9 Å². The summed E-state index contributed by atoms with van der Waals surface area (Å²) in [5.41, 5.74) is 3.36. The number of hydrogen-bond donors (Lipinski definition) is 0. The van der Waals surface area contributed by atoms with Gasteiger partial charge in [-0.2, -0.15) is 0 Å². The van der Waals surface area contributed by atoms with Gasteiger partial charge in [0.25, 0.3) is 5.91 Å². The van der Waals surface area contributed by atoms with Gasteiger partial charge in [0.15, 0.2) is 0 Å². The summed E-state index contributed by atoms with van der Waals surface area (Å²) < 4.78 is 5.07. The van der Waals surface area contributed by atoms with Gasteiger partial charge in [-0.15, -0.1) is 0 Å². The second-order valence-corrected chi connectivity index (χ2v) is 8.30. The first-order chi connectivity index (χ1) is 14.3. The van der Waals surface area contributed by atoms with E-state index in [1.807, 2.05) is 24.9 Å². The molecule has 0 saturated carbocycles. The molecule has 2 saturated heterocycles. The number of rotatable bonds is 3. The molecule has 4 rings (SSSR count). The van der Waals surface area contributed by atoms with Crippen LogP contribution in [0.3, 0.4) is 0 Å². The lowest BCUT2D eigenvalue weighted by molar-refractivity contribution is 0.0746. The second kappa shape index (κ2) is 8.14. The standard InChI is InChI=1S/C22H25ClN4O3/c1-14-10-15(2)20(24-12-14)25-6-8-26(9-7-25)21(28)18-5-4-17(11-19(18)23)27-16(3)13-30-22(27)29/h4-5,10-12,16H,6-9,13H2,1-3H3/t16-/m1/s1. The molecule has 3 heterocycles. The van der Waals surface area contributed by atoms with Crippen molar-refractivity contribution in [2.45, 2.75) is 26.8 Å². The Morgan fingerprint density at radius 2 is 1.90 bits per heavy atom. The molecule has 2 aliphatic heterocycles. The maximum Gasteiger partial charge on any atom is 0.414 e. The molecular weight excluding hydrogens is 404 g/mol. The van der Waals surface area contributed by atoms with Crippen LogP contribution in [0.5, 0.6) is 0 Å². The van der Waals surface area contributed by atoms with Crippen molar-refractivity contribution in [2.75, 3.05) is 42.6 Å². The lowest BCUT2D eigenvalue weighted by Crippen LogP contribution is -2.49. The number of ether oxygens (including phenoxy) is 1. The molecule has 0 unspecified atom stereocenters. The number of halogens is 1. The van der Waals surface area contributed by atoms with E-state index < -0.39 is 6.09 Å². The third-order valence-electron chi connectivity index (χ3n) is 5.60. The largest absolute Gasteiger partial charge is 0.447 e. The molecule has 8 heteroatoms. The normalized spacial score (nSPS) is 19.3. The number of carbonyl (C=O) groups excluding carboxylic acids is 2. The van der Waals surface area contributed by atoms with Gasteiger partial charge in [0, 0.05) is 38.1 Å². The van der Waals surface area contributed by atoms with Crippen LogP contribution in [0, 0.1) is 13.8 Å². The zero-order valence-electron chi connectivity index (χ0n) is 17.4. The molecule has 2 aliphatic rings. The Bertz CT molecular complexity index is 988. The molecule has 0 radical (unpaired) electrons. The van der Waals surface area contributed by atoms with E-state index in [0.717, 1.165) is 30.0 Å². The van der Waals surface area contributed by atoms with Crippen molar-refractivity contribution in [3.8, 4) is 0 Å². The van der Waals surface area contributed by atoms with Crippen LogP contribution in [0.25, 0.3) is 0 Å². The van der Waals surface area contributed by atoms with Gasteiger partial charge in [-0.3, -0.25) is 9.69 Å². The summed E-state index contributed by atoms with van der Waals surface area (Å²) >= 11 is 6.43. The number of aryl methyl sites for hydroxylation is 2. The number of pyridine rings is 1. The molecule has 1 aromatic carbocycles. The molecule has 0 spiro atoms. The molecular formula is C22H25ClN4O3. The summed E-state index contributed by atoms with van der Waals surface area (Å²) in [6.07, 6.45) is 1.48. The fraction of sp³-hybridized carbons (Fsp3) is 0.409. The molecule has 7 nitrogen and oxygen atoms in total. The average Bonchev–Trinajstić information content (AvgIpc) is 3.06. The number of hydrogen-bond acceptors (Lipinski definition) is 5. The third-order valence-corrected chi connectivity index (χ3v) is 5.91. The number of piperazine rings is 1. The highest BCUT2D eigenvalue weighted by molar-refractivity contribution is 6.34. The number of carbonyl (C=O) groups is 2. The number of amides is 2. The van der Waals surface area contributed by atoms with E-state index >= 15 is 0 Å². The quantitative estimate of drug-likeness (QED) is 0.746. The van der Waals surface area contributed by atoms with Crippen molar-refractivity contribution in [3.63, 3.8) is 0 Å². The first-order valence-corrected chi connectivity index (χ1v) is 10.5. The summed E-state index contributed by atoms with van der Waals surface area (Å²) in [4.78, 5) is 35.1. The van der Waals surface area contributed by atoms with Gasteiger partial charge in [-0.05, 0) is 50.1 Å². The van der Waals surface area contributed by atoms with Crippen molar-refractivity contribution in [1.82, 2.24) is 9.88 Å². The van der Waals surface area contributed by atoms with Gasteiger partial charge in [-0.1, -0.05) is 17.7 Å². The van der Waals surface area contributed by atoms with Crippen molar-refractivity contribution in [2.24, 2.45) is 0 Å². The van der Waals surface area contributed by atoms with E-state index in [1.54, 1.807) is 23.1 Å². The highest BCUT2D eigenvalue weighted by Crippen LogP contribution is 2.29. The average molecular weight is 429 g/mol. The summed E-state index contributed by atoms with van der Waals surface area (Å²) in [5.74, 6) is 0.874. The summed E-state index contributed by atoms with van der Waals surface area (Å²) in [6, 6.07) is 7.15. The van der Waals surface area contributed by atoms with Crippen LogP contribution in [-0.4, -0.2) is 60.7 Å². The SMILES string of the molecule is Cc1cnc(N2CCN(C(=O)c3ccc(N4C(=O)OC[C@H]4C)cc3Cl)CC2)c(C)c1. The fourth-order valence-electron chi connectivity index (χ4n) is 4.03. The molecule has 30 heavy (non-hydrogen) atoms. The first kappa shape index (κ1) is 20.5. The zero-order chi connectivity index (χ0) is 21.4. The first-order valence-electron chi connectivity index (χ1n) is 10.1. The van der Waals surface area contributed by atoms with Crippen molar-refractivity contribution < 1.29 is 14.3 Å². The minimum atomic E-state index is -0.395. The number of nitrogens with zero attached hydrogens (tertiary/aromatic N) is 4. The summed E-state index contributed by atoms with van der Waals surface area (Å²) in [5, 5.41) is 0.336. The minimum absolute atomic E-state index is 0.0676. The summed E-state index contributed by atoms with van der Waals surface area (Å²) in [6.45, 7) is 8.97. The zero-order valence-corrected chi connectivity index (χ0v) is 18.1. The minimum Gasteiger partial charge on any atom is -0.447 e. The predicted octanol–water partition coefficient (Wildman–Crippen LogP) is 3.66. The Kier molecular flexibility index (Phi) is 5.56. The van der Waals surface area contributed by atoms with Crippen LogP contribution in [0.2, 0.25) is 5.02 Å². The molecule has 1 aromatic heterocycles. The molecule has 2 amide bonds. The third kappa shape index (κ3) is 3.81. The van der Waals surface area contributed by atoms with E-state index in [1.165, 1.54) is 0 Å². The highest BCUT2D eigenvalue weighted by Gasteiger charge is 2.32. The lowest BCUT2D eigenvalue weighted by Gasteiger charge is -2.36. The predicted molar refractivity (Wildman–Crippen MR) is 117 cm³/mol. The number of benzene rings is 1. The fourth-order valence-corrected chi connectivity index (χ4v) is 4.29. The molecule has 0 aliphatic carbocycles. The number of aromatic nitrogens is 1. The van der Waals surface area contributed by atoms with Crippen LogP contribution in [-0.2, 0) is 4.74 Å². The Balaban J connectivity index is 1.45. The van der Waals surface area contributed by atoms with Gasteiger partial charge >= 0.3 is 6.09 Å². The highest BCUT2D eigenvalue weighted by atomic mass is 35.5. The van der Waals surface area contributed by atoms with Crippen molar-refractivity contribution in [3.05, 3.63) is 52.2 Å². The molecule has 1 atom stereocenters. The lowest BCUT2D eigenvalue weighted by atomic mass is 10.1. The maximum atomic E-state index is 13.0. The molecule has 158 valence electrons.